The summed E-state index contributed by atoms with van der Waals surface area (Å²) in [4.78, 5) is 63.7. The molecule has 0 saturated carbocycles. The van der Waals surface area contributed by atoms with Gasteiger partial charge in [0.2, 0.25) is 12.0 Å². The number of aromatic nitrogens is 2. The summed E-state index contributed by atoms with van der Waals surface area (Å²) in [6.45, 7) is 6.62. The molecule has 2 aromatic carbocycles. The Morgan fingerprint density at radius 2 is 1.79 bits per heavy atom. The zero-order chi connectivity index (χ0) is 40.3. The third kappa shape index (κ3) is 10.9. The molecule has 0 spiro atoms. The molecule has 4 aromatic rings. The molecule has 4 amide bonds. The van der Waals surface area contributed by atoms with E-state index in [0.29, 0.717) is 6.42 Å². The topological polar surface area (TPSA) is 175 Å². The van der Waals surface area contributed by atoms with Crippen molar-refractivity contribution in [3.05, 3.63) is 120 Å². The smallest absolute Gasteiger partial charge is 0.422 e. The average molecular weight is 778 g/mol. The first kappa shape index (κ1) is 40.8. The van der Waals surface area contributed by atoms with E-state index in [1.165, 1.54) is 5.01 Å². The summed E-state index contributed by atoms with van der Waals surface area (Å²) in [5.74, 6) is -1.64. The van der Waals surface area contributed by atoms with E-state index in [4.69, 9.17) is 9.47 Å². The average Bonchev–Trinajstić information content (AvgIpc) is 3.78. The number of benzene rings is 2. The maximum Gasteiger partial charge on any atom is 0.422 e. The number of carbonyl (C=O) groups is 4. The summed E-state index contributed by atoms with van der Waals surface area (Å²) in [7, 11) is 0. The molecule has 300 valence electrons. The van der Waals surface area contributed by atoms with Crippen molar-refractivity contribution < 1.29 is 33.8 Å². The summed E-state index contributed by atoms with van der Waals surface area (Å²) in [5.41, 5.74) is 7.68. The number of cyclic esters (lactones) is 1. The SMILES string of the molecule is CC[C@H](C)[C@H](C(=O)N[C@@H](Cc1ccccc1)[C@@H](O)CN(Cc1ccc(-c2ccccn2)cc1)NC(=O)O[C@H]1CCOC1=O)C1CNC(=O)N1Cc1cccc(C)n1. The zero-order valence-corrected chi connectivity index (χ0v) is 32.5. The summed E-state index contributed by atoms with van der Waals surface area (Å²) in [5, 5.41) is 19.7. The summed E-state index contributed by atoms with van der Waals surface area (Å²) >= 11 is 0. The third-order valence-electron chi connectivity index (χ3n) is 10.5. The van der Waals surface area contributed by atoms with Crippen LogP contribution in [0.4, 0.5) is 9.59 Å². The molecule has 2 aliphatic heterocycles. The van der Waals surface area contributed by atoms with Gasteiger partial charge in [0.05, 0.1) is 48.6 Å². The van der Waals surface area contributed by atoms with Crippen molar-refractivity contribution in [2.45, 2.75) is 77.4 Å². The van der Waals surface area contributed by atoms with Gasteiger partial charge in [0.15, 0.2) is 0 Å². The van der Waals surface area contributed by atoms with Crippen LogP contribution in [-0.2, 0) is 38.6 Å². The van der Waals surface area contributed by atoms with E-state index in [-0.39, 0.29) is 63.5 Å². The minimum Gasteiger partial charge on any atom is -0.463 e. The van der Waals surface area contributed by atoms with Gasteiger partial charge in [-0.05, 0) is 54.7 Å². The molecule has 0 aliphatic carbocycles. The van der Waals surface area contributed by atoms with Crippen LogP contribution in [0.5, 0.6) is 0 Å². The molecule has 4 N–H and O–H groups in total. The Labute approximate surface area is 333 Å². The second-order valence-corrected chi connectivity index (χ2v) is 14.7. The van der Waals surface area contributed by atoms with Gasteiger partial charge < -0.3 is 30.1 Å². The van der Waals surface area contributed by atoms with E-state index in [1.807, 2.05) is 112 Å². The number of aryl methyl sites for hydroxylation is 1. The summed E-state index contributed by atoms with van der Waals surface area (Å²) < 4.78 is 10.4. The molecule has 6 atom stereocenters. The zero-order valence-electron chi connectivity index (χ0n) is 32.5. The van der Waals surface area contributed by atoms with Gasteiger partial charge in [-0.2, -0.15) is 0 Å². The second kappa shape index (κ2) is 19.3. The molecule has 1 unspecified atom stereocenters. The van der Waals surface area contributed by atoms with Gasteiger partial charge >= 0.3 is 18.1 Å². The van der Waals surface area contributed by atoms with Gasteiger partial charge in [0.25, 0.3) is 0 Å². The number of aliphatic hydroxyl groups excluding tert-OH is 1. The lowest BCUT2D eigenvalue weighted by atomic mass is 9.83. The van der Waals surface area contributed by atoms with Gasteiger partial charge in [-0.3, -0.25) is 20.2 Å². The number of amides is 4. The largest absolute Gasteiger partial charge is 0.463 e. The fourth-order valence-corrected chi connectivity index (χ4v) is 7.33. The van der Waals surface area contributed by atoms with Gasteiger partial charge in [-0.1, -0.05) is 87.0 Å². The Morgan fingerprint density at radius 3 is 2.47 bits per heavy atom. The minimum absolute atomic E-state index is 0.116. The molecule has 14 heteroatoms. The standard InChI is InChI=1S/C43H51N7O7/c1-4-28(2)39(36-24-45-42(54)50(36)26-33-14-10-11-29(3)46-33)40(52)47-35(23-30-12-6-5-7-13-30)37(51)27-49(48-43(55)57-38-20-22-56-41(38)53)25-31-16-18-32(19-17-31)34-15-8-9-21-44-34/h5-19,21,28,35-39,51H,4,20,22-27H2,1-3H3,(H,45,54)(H,47,52)(H,48,55)/t28-,35-,36?,37-,38-,39-/m0/s1. The number of hydrazine groups is 1. The number of aliphatic hydroxyl groups is 1. The molecule has 14 nitrogen and oxygen atoms in total. The van der Waals surface area contributed by atoms with E-state index in [2.05, 4.69) is 26.0 Å². The van der Waals surface area contributed by atoms with Crippen LogP contribution in [-0.4, -0.2) is 93.0 Å². The predicted molar refractivity (Wildman–Crippen MR) is 212 cm³/mol. The van der Waals surface area contributed by atoms with E-state index in [1.54, 1.807) is 11.1 Å². The van der Waals surface area contributed by atoms with Crippen LogP contribution < -0.4 is 16.1 Å². The first-order chi connectivity index (χ1) is 27.6. The van der Waals surface area contributed by atoms with Crippen LogP contribution in [0.15, 0.2) is 97.2 Å². The number of urea groups is 1. The van der Waals surface area contributed by atoms with E-state index >= 15 is 0 Å². The number of nitrogens with zero attached hydrogens (tertiary/aromatic N) is 4. The highest BCUT2D eigenvalue weighted by molar-refractivity contribution is 5.83. The predicted octanol–water partition coefficient (Wildman–Crippen LogP) is 4.56. The molecule has 0 radical (unpaired) electrons. The van der Waals surface area contributed by atoms with Crippen LogP contribution in [0.2, 0.25) is 0 Å². The van der Waals surface area contributed by atoms with Gasteiger partial charge in [-0.25, -0.2) is 19.4 Å². The van der Waals surface area contributed by atoms with Crippen LogP contribution in [0.1, 0.15) is 49.2 Å². The van der Waals surface area contributed by atoms with Crippen LogP contribution >= 0.6 is 0 Å². The Morgan fingerprint density at radius 1 is 1.02 bits per heavy atom. The molecule has 4 heterocycles. The molecular formula is C43H51N7O7. The monoisotopic (exact) mass is 777 g/mol. The highest BCUT2D eigenvalue weighted by Crippen LogP contribution is 2.28. The van der Waals surface area contributed by atoms with Crippen molar-refractivity contribution in [2.75, 3.05) is 19.7 Å². The fraction of sp³-hybridized carbons (Fsp3) is 0.395. The number of esters is 1. The first-order valence-corrected chi connectivity index (χ1v) is 19.5. The van der Waals surface area contributed by atoms with Crippen molar-refractivity contribution in [3.8, 4) is 11.3 Å². The Balaban J connectivity index is 1.23. The van der Waals surface area contributed by atoms with E-state index in [0.717, 1.165) is 33.8 Å². The van der Waals surface area contributed by atoms with Crippen molar-refractivity contribution >= 4 is 24.0 Å². The number of carbonyl (C=O) groups excluding carboxylic acids is 4. The number of nitrogens with one attached hydrogen (secondary N) is 3. The number of hydrogen-bond acceptors (Lipinski definition) is 10. The first-order valence-electron chi connectivity index (χ1n) is 19.5. The Bertz CT molecular complexity index is 1970. The number of pyridine rings is 2. The maximum absolute atomic E-state index is 14.6. The highest BCUT2D eigenvalue weighted by Gasteiger charge is 2.43. The van der Waals surface area contributed by atoms with Crippen molar-refractivity contribution in [2.24, 2.45) is 11.8 Å². The third-order valence-corrected chi connectivity index (χ3v) is 10.5. The van der Waals surface area contributed by atoms with Crippen LogP contribution in [0, 0.1) is 18.8 Å². The van der Waals surface area contributed by atoms with Crippen LogP contribution in [0.25, 0.3) is 11.3 Å². The number of hydrogen-bond donors (Lipinski definition) is 4. The number of rotatable bonds is 17. The van der Waals surface area contributed by atoms with Gasteiger partial charge in [-0.15, -0.1) is 0 Å². The maximum atomic E-state index is 14.6. The highest BCUT2D eigenvalue weighted by atomic mass is 16.6. The normalized spacial score (nSPS) is 18.6. The van der Waals surface area contributed by atoms with E-state index < -0.39 is 42.3 Å². The molecule has 6 rings (SSSR count). The molecule has 0 bridgehead atoms. The van der Waals surface area contributed by atoms with Crippen molar-refractivity contribution in [1.29, 1.82) is 0 Å². The van der Waals surface area contributed by atoms with E-state index in [9.17, 15) is 24.3 Å². The molecule has 2 saturated heterocycles. The second-order valence-electron chi connectivity index (χ2n) is 14.7. The van der Waals surface area contributed by atoms with Crippen LogP contribution in [0.3, 0.4) is 0 Å². The fourth-order valence-electron chi connectivity index (χ4n) is 7.33. The van der Waals surface area contributed by atoms with Crippen molar-refractivity contribution in [1.82, 2.24) is 35.9 Å². The Kier molecular flexibility index (Phi) is 13.8. The quantitative estimate of drug-likeness (QED) is 0.0880. The molecule has 2 aliphatic rings. The minimum atomic E-state index is -1.20. The molecule has 2 fully saturated rings. The molecule has 2 aromatic heterocycles. The summed E-state index contributed by atoms with van der Waals surface area (Å²) in [6.07, 6.45) is -0.182. The van der Waals surface area contributed by atoms with Gasteiger partial charge in [0.1, 0.15) is 0 Å². The molecule has 57 heavy (non-hydrogen) atoms. The summed E-state index contributed by atoms with van der Waals surface area (Å²) in [6, 6.07) is 27.0. The molecular weight excluding hydrogens is 727 g/mol. The number of ether oxygens (including phenoxy) is 2. The lowest BCUT2D eigenvalue weighted by molar-refractivity contribution is -0.144. The lowest BCUT2D eigenvalue weighted by Crippen LogP contribution is -2.56. The van der Waals surface area contributed by atoms with Gasteiger partial charge in [0, 0.05) is 43.5 Å². The van der Waals surface area contributed by atoms with Crippen molar-refractivity contribution in [3.63, 3.8) is 0 Å². The Hall–Kier alpha value is -5.86. The lowest BCUT2D eigenvalue weighted by Gasteiger charge is -2.35.